The van der Waals surface area contributed by atoms with E-state index in [0.717, 1.165) is 48.6 Å². The maximum atomic E-state index is 14.2. The fourth-order valence-corrected chi connectivity index (χ4v) is 8.49. The van der Waals surface area contributed by atoms with Gasteiger partial charge in [0.1, 0.15) is 17.3 Å². The van der Waals surface area contributed by atoms with E-state index in [1.165, 1.54) is 6.42 Å². The zero-order valence-electron chi connectivity index (χ0n) is 29.9. The van der Waals surface area contributed by atoms with Gasteiger partial charge in [-0.25, -0.2) is 9.59 Å². The summed E-state index contributed by atoms with van der Waals surface area (Å²) in [6.45, 7) is 9.30. The van der Waals surface area contributed by atoms with Crippen LogP contribution in [0, 0.1) is 30.6 Å². The molecular formula is C38H55FN4O6. The van der Waals surface area contributed by atoms with Crippen LogP contribution in [0.1, 0.15) is 114 Å². The van der Waals surface area contributed by atoms with Crippen LogP contribution >= 0.6 is 0 Å². The molecule has 1 saturated heterocycles. The summed E-state index contributed by atoms with van der Waals surface area (Å²) in [4.78, 5) is 58.4. The number of carbonyl (C=O) groups is 4. The lowest BCUT2D eigenvalue weighted by atomic mass is 9.75. The lowest BCUT2D eigenvalue weighted by molar-refractivity contribution is -0.142. The van der Waals surface area contributed by atoms with E-state index in [1.54, 1.807) is 27.7 Å². The molecule has 5 rings (SSSR count). The number of fused-ring (bicyclic) bond motifs is 1. The van der Waals surface area contributed by atoms with Crippen LogP contribution in [0.4, 0.5) is 14.9 Å². The Labute approximate surface area is 289 Å². The number of likely N-dealkylation sites (tertiary alicyclic amines) is 1. The van der Waals surface area contributed by atoms with Gasteiger partial charge < -0.3 is 30.0 Å². The first kappa shape index (κ1) is 36.6. The number of nitrogens with one attached hydrogen (secondary N) is 3. The molecule has 1 aliphatic heterocycles. The van der Waals surface area contributed by atoms with Crippen LogP contribution in [-0.4, -0.2) is 71.3 Å². The second-order valence-corrected chi connectivity index (χ2v) is 15.3. The summed E-state index contributed by atoms with van der Waals surface area (Å²) in [5, 5.41) is 6.85. The Balaban J connectivity index is 1.29. The van der Waals surface area contributed by atoms with Gasteiger partial charge >= 0.3 is 12.1 Å². The fraction of sp³-hybridized carbons (Fsp3) is 0.684. The van der Waals surface area contributed by atoms with E-state index in [4.69, 9.17) is 9.47 Å². The van der Waals surface area contributed by atoms with Crippen molar-refractivity contribution in [1.82, 2.24) is 15.2 Å². The van der Waals surface area contributed by atoms with E-state index >= 15 is 0 Å². The van der Waals surface area contributed by atoms with Crippen molar-refractivity contribution in [2.24, 2.45) is 23.7 Å². The highest BCUT2D eigenvalue weighted by molar-refractivity contribution is 6.02. The number of ether oxygens (including phenoxy) is 2. The van der Waals surface area contributed by atoms with Gasteiger partial charge in [0.25, 0.3) is 0 Å². The van der Waals surface area contributed by atoms with Crippen molar-refractivity contribution in [2.75, 3.05) is 25.1 Å². The number of amides is 3. The minimum Gasteiger partial charge on any atom is -0.461 e. The Hall–Kier alpha value is -3.63. The van der Waals surface area contributed by atoms with E-state index in [2.05, 4.69) is 15.6 Å². The monoisotopic (exact) mass is 682 g/mol. The first-order valence-corrected chi connectivity index (χ1v) is 18.4. The number of alkyl carbamates (subject to hydrolysis) is 1. The minimum atomic E-state index is -0.649. The van der Waals surface area contributed by atoms with Gasteiger partial charge in [0, 0.05) is 35.1 Å². The quantitative estimate of drug-likeness (QED) is 0.223. The molecule has 0 bridgehead atoms. The number of H-pyrrole nitrogens is 1. The molecule has 2 heterocycles. The van der Waals surface area contributed by atoms with Crippen LogP contribution in [0.2, 0.25) is 0 Å². The van der Waals surface area contributed by atoms with Gasteiger partial charge in [-0.3, -0.25) is 14.0 Å². The van der Waals surface area contributed by atoms with E-state index in [9.17, 15) is 23.6 Å². The number of anilines is 1. The maximum Gasteiger partial charge on any atom is 0.407 e. The summed E-state index contributed by atoms with van der Waals surface area (Å²) in [7, 11) is 0. The van der Waals surface area contributed by atoms with Gasteiger partial charge in [-0.05, 0) is 115 Å². The van der Waals surface area contributed by atoms with Gasteiger partial charge in [0.15, 0.2) is 0 Å². The molecule has 3 N–H and O–H groups in total. The summed E-state index contributed by atoms with van der Waals surface area (Å²) in [6.07, 6.45) is 8.78. The number of hydrogen-bond acceptors (Lipinski definition) is 6. The number of halogens is 1. The van der Waals surface area contributed by atoms with Gasteiger partial charge in [-0.15, -0.1) is 0 Å². The molecular weight excluding hydrogens is 627 g/mol. The van der Waals surface area contributed by atoms with Crippen molar-refractivity contribution in [1.29, 1.82) is 0 Å². The van der Waals surface area contributed by atoms with E-state index in [0.29, 0.717) is 49.5 Å². The number of nitrogens with zero attached hydrogens (tertiary/aromatic N) is 1. The molecule has 2 aliphatic carbocycles. The molecule has 1 aromatic carbocycles. The van der Waals surface area contributed by atoms with Gasteiger partial charge in [-0.2, -0.15) is 0 Å². The molecule has 0 spiro atoms. The molecule has 2 saturated carbocycles. The number of hydrogen-bond donors (Lipinski definition) is 3. The zero-order valence-corrected chi connectivity index (χ0v) is 29.9. The maximum absolute atomic E-state index is 14.2. The van der Waals surface area contributed by atoms with Crippen molar-refractivity contribution < 1.29 is 33.0 Å². The average molecular weight is 683 g/mol. The van der Waals surface area contributed by atoms with Crippen LogP contribution in [0.3, 0.4) is 0 Å². The summed E-state index contributed by atoms with van der Waals surface area (Å²) < 4.78 is 24.1. The smallest absolute Gasteiger partial charge is 0.407 e. The number of alkyl halides is 1. The fourth-order valence-electron chi connectivity index (χ4n) is 8.49. The van der Waals surface area contributed by atoms with Crippen LogP contribution in [0.15, 0.2) is 18.2 Å². The third-order valence-corrected chi connectivity index (χ3v) is 10.9. The highest BCUT2D eigenvalue weighted by Crippen LogP contribution is 2.42. The summed E-state index contributed by atoms with van der Waals surface area (Å²) >= 11 is 0. The number of aryl methyl sites for hydroxylation is 1. The first-order chi connectivity index (χ1) is 23.4. The lowest BCUT2D eigenvalue weighted by Gasteiger charge is -2.37. The highest BCUT2D eigenvalue weighted by Gasteiger charge is 2.47. The summed E-state index contributed by atoms with van der Waals surface area (Å²) in [5.74, 6) is -0.225. The second kappa shape index (κ2) is 15.9. The standard InChI is InChI=1S/C38H55FN4O6/c1-6-48-36(46)32-23(2)29-22-27(16-17-31(29)41-32)40-34(44)33-28(24-10-8-7-9-11-24)19-21-43(33)35(45)26-14-12-25(13-15-26)30(18-20-39)42-37(47)49-38(3,4)5/h16-17,22,24-26,28,30,33,41H,6-15,18-21H2,1-5H3,(H,40,44)(H,42,47)/t25?,26?,28-,30+,33-/m0/s1. The predicted molar refractivity (Wildman–Crippen MR) is 187 cm³/mol. The van der Waals surface area contributed by atoms with Crippen LogP contribution in [0.5, 0.6) is 0 Å². The van der Waals surface area contributed by atoms with E-state index < -0.39 is 30.4 Å². The van der Waals surface area contributed by atoms with Crippen molar-refractivity contribution in [3.8, 4) is 0 Å². The molecule has 3 amide bonds. The second-order valence-electron chi connectivity index (χ2n) is 15.3. The molecule has 1 aromatic heterocycles. The number of aromatic amines is 1. The van der Waals surface area contributed by atoms with Gasteiger partial charge in [0.05, 0.1) is 13.3 Å². The molecule has 3 fully saturated rings. The van der Waals surface area contributed by atoms with Gasteiger partial charge in [0.2, 0.25) is 11.8 Å². The Kier molecular flexibility index (Phi) is 11.9. The Morgan fingerprint density at radius 3 is 2.39 bits per heavy atom. The largest absolute Gasteiger partial charge is 0.461 e. The molecule has 11 heteroatoms. The average Bonchev–Trinajstić information content (AvgIpc) is 3.66. The minimum absolute atomic E-state index is 0.0232. The zero-order chi connectivity index (χ0) is 35.3. The molecule has 10 nitrogen and oxygen atoms in total. The van der Waals surface area contributed by atoms with Crippen LogP contribution in [-0.2, 0) is 19.1 Å². The Morgan fingerprint density at radius 1 is 1.02 bits per heavy atom. The van der Waals surface area contributed by atoms with Crippen molar-refractivity contribution in [3.05, 3.63) is 29.5 Å². The van der Waals surface area contributed by atoms with Crippen molar-refractivity contribution in [2.45, 2.75) is 123 Å². The molecule has 0 radical (unpaired) electrons. The van der Waals surface area contributed by atoms with Crippen LogP contribution in [0.25, 0.3) is 10.9 Å². The van der Waals surface area contributed by atoms with Gasteiger partial charge in [-0.1, -0.05) is 32.1 Å². The summed E-state index contributed by atoms with van der Waals surface area (Å²) in [6, 6.07) is 4.63. The Bertz CT molecular complexity index is 1490. The molecule has 49 heavy (non-hydrogen) atoms. The summed E-state index contributed by atoms with van der Waals surface area (Å²) in [5.41, 5.74) is 1.91. The lowest BCUT2D eigenvalue weighted by Crippen LogP contribution is -2.50. The third kappa shape index (κ3) is 8.76. The predicted octanol–water partition coefficient (Wildman–Crippen LogP) is 7.45. The molecule has 270 valence electrons. The molecule has 3 atom stereocenters. The van der Waals surface area contributed by atoms with Crippen molar-refractivity contribution in [3.63, 3.8) is 0 Å². The molecule has 0 unspecified atom stereocenters. The first-order valence-electron chi connectivity index (χ1n) is 18.4. The number of carbonyl (C=O) groups excluding carboxylic acids is 4. The topological polar surface area (TPSA) is 130 Å². The highest BCUT2D eigenvalue weighted by atomic mass is 19.1. The SMILES string of the molecule is CCOC(=O)c1[nH]c2ccc(NC(=O)[C@@H]3[C@H](C4CCCCC4)CCN3C(=O)C3CCC([C@@H](CCF)NC(=O)OC(C)(C)C)CC3)cc2c1C. The number of aromatic nitrogens is 1. The number of benzene rings is 1. The number of rotatable bonds is 10. The number of esters is 1. The van der Waals surface area contributed by atoms with E-state index in [-0.39, 0.29) is 48.6 Å². The Morgan fingerprint density at radius 2 is 1.73 bits per heavy atom. The van der Waals surface area contributed by atoms with Crippen molar-refractivity contribution >= 4 is 40.5 Å². The van der Waals surface area contributed by atoms with Crippen LogP contribution < -0.4 is 10.6 Å². The normalized spacial score (nSPS) is 24.0. The molecule has 2 aromatic rings. The molecule has 3 aliphatic rings. The van der Waals surface area contributed by atoms with E-state index in [1.807, 2.05) is 30.0 Å². The third-order valence-electron chi connectivity index (χ3n) is 10.9.